The quantitative estimate of drug-likeness (QED) is 0.180. The lowest BCUT2D eigenvalue weighted by molar-refractivity contribution is -0.394. The van der Waals surface area contributed by atoms with Gasteiger partial charge in [0.15, 0.2) is 12.6 Å². The van der Waals surface area contributed by atoms with Gasteiger partial charge in [-0.05, 0) is 24.6 Å². The Morgan fingerprint density at radius 3 is 1.60 bits per heavy atom. The third-order valence-corrected chi connectivity index (χ3v) is 4.70. The number of rotatable bonds is 7. The molecule has 3 aromatic rings. The van der Waals surface area contributed by atoms with E-state index in [1.807, 2.05) is 0 Å². The molecule has 0 aliphatic carbocycles. The zero-order valence-electron chi connectivity index (χ0n) is 20.7. The Hall–Kier alpha value is -6.13. The van der Waals surface area contributed by atoms with Gasteiger partial charge < -0.3 is 11.1 Å². The number of hydrogen-bond acceptors (Lipinski definition) is 12. The maximum Gasteiger partial charge on any atom is 0.286 e. The molecule has 40 heavy (non-hydrogen) atoms. The number of anilines is 2. The molecule has 0 saturated carbocycles. The average Bonchev–Trinajstić information content (AvgIpc) is 2.89. The van der Waals surface area contributed by atoms with Crippen LogP contribution in [0.5, 0.6) is 0 Å². The van der Waals surface area contributed by atoms with Crippen molar-refractivity contribution in [2.45, 2.75) is 13.8 Å². The lowest BCUT2D eigenvalue weighted by Gasteiger charge is -2.05. The summed E-state index contributed by atoms with van der Waals surface area (Å²) in [5, 5.41) is 43.8. The van der Waals surface area contributed by atoms with Crippen LogP contribution in [0.15, 0.2) is 54.6 Å². The number of hydrogen-bond donors (Lipinski definition) is 2. The van der Waals surface area contributed by atoms with Crippen molar-refractivity contribution in [2.24, 2.45) is 0 Å². The Morgan fingerprint density at radius 2 is 1.18 bits per heavy atom. The zero-order valence-corrected chi connectivity index (χ0v) is 20.7. The number of nitrogens with one attached hydrogen (secondary N) is 1. The van der Waals surface area contributed by atoms with Crippen LogP contribution in [0.2, 0.25) is 0 Å². The fourth-order valence-electron chi connectivity index (χ4n) is 2.73. The highest BCUT2D eigenvalue weighted by atomic mass is 16.6. The molecule has 0 heterocycles. The smallest absolute Gasteiger partial charge is 0.286 e. The minimum Gasteiger partial charge on any atom is -0.398 e. The topological polar surface area (TPSA) is 262 Å². The molecule has 0 aromatic heterocycles. The SMILES string of the molecule is CC(=O)Nc1cc([N+](=O)[O-])ccc1C.Nc1cc([N+](=O)[O-])ccc1C=O.O=Cc1ccc([N+](=O)[O-])cc1[N+](=O)[O-]. The van der Waals surface area contributed by atoms with E-state index in [0.717, 1.165) is 29.8 Å². The van der Waals surface area contributed by atoms with Gasteiger partial charge in [-0.3, -0.25) is 54.8 Å². The molecule has 0 saturated heterocycles. The van der Waals surface area contributed by atoms with Crippen molar-refractivity contribution in [1.29, 1.82) is 0 Å². The highest BCUT2D eigenvalue weighted by Gasteiger charge is 2.18. The molecule has 0 aliphatic rings. The highest BCUT2D eigenvalue weighted by Crippen LogP contribution is 2.23. The molecule has 3 aromatic carbocycles. The first-order chi connectivity index (χ1) is 18.7. The molecule has 0 spiro atoms. The minimum absolute atomic E-state index is 0.0284. The number of aldehydes is 2. The summed E-state index contributed by atoms with van der Waals surface area (Å²) >= 11 is 0. The van der Waals surface area contributed by atoms with Gasteiger partial charge >= 0.3 is 0 Å². The number of non-ortho nitro benzene ring substituents is 3. The van der Waals surface area contributed by atoms with Crippen LogP contribution in [0.4, 0.5) is 34.1 Å². The molecule has 0 fully saturated rings. The predicted molar refractivity (Wildman–Crippen MR) is 140 cm³/mol. The summed E-state index contributed by atoms with van der Waals surface area (Å²) < 4.78 is 0. The van der Waals surface area contributed by atoms with Crippen LogP contribution in [0.25, 0.3) is 0 Å². The molecule has 0 bridgehead atoms. The second kappa shape index (κ2) is 14.6. The number of aryl methyl sites for hydroxylation is 1. The fourth-order valence-corrected chi connectivity index (χ4v) is 2.73. The molecule has 17 heteroatoms. The van der Waals surface area contributed by atoms with E-state index in [-0.39, 0.29) is 40.4 Å². The van der Waals surface area contributed by atoms with E-state index in [4.69, 9.17) is 5.73 Å². The van der Waals surface area contributed by atoms with Crippen LogP contribution in [0.3, 0.4) is 0 Å². The van der Waals surface area contributed by atoms with Crippen molar-refractivity contribution in [1.82, 2.24) is 0 Å². The van der Waals surface area contributed by atoms with E-state index in [9.17, 15) is 54.8 Å². The Labute approximate surface area is 223 Å². The summed E-state index contributed by atoms with van der Waals surface area (Å²) in [7, 11) is 0. The maximum absolute atomic E-state index is 10.8. The van der Waals surface area contributed by atoms with Gasteiger partial charge in [0.25, 0.3) is 22.7 Å². The number of benzene rings is 3. The maximum atomic E-state index is 10.8. The Morgan fingerprint density at radius 1 is 0.725 bits per heavy atom. The third kappa shape index (κ3) is 9.39. The van der Waals surface area contributed by atoms with Gasteiger partial charge in [-0.2, -0.15) is 0 Å². The van der Waals surface area contributed by atoms with Crippen LogP contribution in [-0.4, -0.2) is 38.2 Å². The molecular formula is C23H20N6O11. The first-order valence-electron chi connectivity index (χ1n) is 10.6. The van der Waals surface area contributed by atoms with Crippen LogP contribution >= 0.6 is 0 Å². The van der Waals surface area contributed by atoms with E-state index in [0.29, 0.717) is 12.0 Å². The van der Waals surface area contributed by atoms with Crippen molar-refractivity contribution in [3.63, 3.8) is 0 Å². The van der Waals surface area contributed by atoms with E-state index in [1.54, 1.807) is 13.0 Å². The van der Waals surface area contributed by atoms with Crippen molar-refractivity contribution in [2.75, 3.05) is 11.1 Å². The standard InChI is InChI=1S/C9H10N2O3.C7H4N2O5.C7H6N2O3/c1-6-3-4-8(11(13)14)5-9(6)10-7(2)12;10-4-5-1-2-6(8(11)12)3-7(5)9(13)14;8-7-3-6(9(11)12)2-1-5(7)4-10/h3-5H,1-2H3,(H,10,12);1-4H;1-4H,8H2. The second-order valence-corrected chi connectivity index (χ2v) is 7.50. The van der Waals surface area contributed by atoms with Crippen molar-refractivity contribution >= 4 is 52.6 Å². The molecule has 0 aliphatic heterocycles. The summed E-state index contributed by atoms with van der Waals surface area (Å²) in [5.74, 6) is -0.242. The summed E-state index contributed by atoms with van der Waals surface area (Å²) in [5.41, 5.74) is 5.70. The van der Waals surface area contributed by atoms with Crippen LogP contribution in [0.1, 0.15) is 33.2 Å². The van der Waals surface area contributed by atoms with Gasteiger partial charge in [0.1, 0.15) is 0 Å². The van der Waals surface area contributed by atoms with Gasteiger partial charge in [-0.15, -0.1) is 0 Å². The van der Waals surface area contributed by atoms with Gasteiger partial charge in [0, 0.05) is 48.5 Å². The third-order valence-electron chi connectivity index (χ3n) is 4.70. The average molecular weight is 556 g/mol. The Balaban J connectivity index is 0.000000301. The van der Waals surface area contributed by atoms with E-state index in [2.05, 4.69) is 5.32 Å². The van der Waals surface area contributed by atoms with E-state index < -0.39 is 31.1 Å². The molecule has 1 amide bonds. The molecule has 0 radical (unpaired) electrons. The lowest BCUT2D eigenvalue weighted by atomic mass is 10.2. The van der Waals surface area contributed by atoms with Gasteiger partial charge in [0.05, 0.1) is 37.0 Å². The molecule has 17 nitrogen and oxygen atoms in total. The second-order valence-electron chi connectivity index (χ2n) is 7.50. The fraction of sp³-hybridized carbons (Fsp3) is 0.0870. The van der Waals surface area contributed by atoms with Gasteiger partial charge in [-0.25, -0.2) is 0 Å². The lowest BCUT2D eigenvalue weighted by Crippen LogP contribution is -2.07. The molecule has 3 N–H and O–H groups in total. The summed E-state index contributed by atoms with van der Waals surface area (Å²) in [4.78, 5) is 70.0. The number of nitrogens with two attached hydrogens (primary N) is 1. The number of amides is 1. The molecule has 3 rings (SSSR count). The number of carbonyl (C=O) groups excluding carboxylic acids is 3. The monoisotopic (exact) mass is 556 g/mol. The molecule has 0 atom stereocenters. The van der Waals surface area contributed by atoms with Crippen molar-refractivity contribution in [3.05, 3.63) is 112 Å². The number of nitrogens with zero attached hydrogens (tertiary/aromatic N) is 4. The number of nitro benzene ring substituents is 4. The number of nitro groups is 4. The Bertz CT molecular complexity index is 1490. The van der Waals surface area contributed by atoms with E-state index in [1.165, 1.54) is 31.2 Å². The minimum atomic E-state index is -0.837. The zero-order chi connectivity index (χ0) is 30.6. The summed E-state index contributed by atoms with van der Waals surface area (Å²) in [6, 6.07) is 10.9. The molecule has 208 valence electrons. The van der Waals surface area contributed by atoms with Crippen molar-refractivity contribution in [3.8, 4) is 0 Å². The number of carbonyl (C=O) groups is 3. The number of nitrogen functional groups attached to an aromatic ring is 1. The molecule has 0 unspecified atom stereocenters. The van der Waals surface area contributed by atoms with Gasteiger partial charge in [0.2, 0.25) is 5.91 Å². The predicted octanol–water partition coefficient (Wildman–Crippen LogP) is 4.17. The van der Waals surface area contributed by atoms with Crippen LogP contribution < -0.4 is 11.1 Å². The van der Waals surface area contributed by atoms with Gasteiger partial charge in [-0.1, -0.05) is 6.07 Å². The molecular weight excluding hydrogens is 536 g/mol. The largest absolute Gasteiger partial charge is 0.398 e. The van der Waals surface area contributed by atoms with Crippen LogP contribution in [-0.2, 0) is 4.79 Å². The van der Waals surface area contributed by atoms with E-state index >= 15 is 0 Å². The van der Waals surface area contributed by atoms with Crippen molar-refractivity contribution < 1.29 is 34.1 Å². The highest BCUT2D eigenvalue weighted by molar-refractivity contribution is 5.90. The first kappa shape index (κ1) is 31.9. The summed E-state index contributed by atoms with van der Waals surface area (Å²) in [6.07, 6.45) is 0.834. The first-order valence-corrected chi connectivity index (χ1v) is 10.6. The van der Waals surface area contributed by atoms with Crippen LogP contribution in [0, 0.1) is 47.4 Å². The normalized spacial score (nSPS) is 9.45. The Kier molecular flexibility index (Phi) is 11.6. The summed E-state index contributed by atoms with van der Waals surface area (Å²) in [6.45, 7) is 3.13.